The van der Waals surface area contributed by atoms with Crippen molar-refractivity contribution in [1.82, 2.24) is 9.88 Å². The Balaban J connectivity index is 1.19. The van der Waals surface area contributed by atoms with Gasteiger partial charge in [0.05, 0.1) is 5.69 Å². The Morgan fingerprint density at radius 1 is 0.850 bits per heavy atom. The number of carbonyl (C=O) groups is 2. The van der Waals surface area contributed by atoms with Crippen molar-refractivity contribution in [2.75, 3.05) is 18.4 Å². The van der Waals surface area contributed by atoms with Gasteiger partial charge in [-0.3, -0.25) is 14.6 Å². The van der Waals surface area contributed by atoms with E-state index in [0.29, 0.717) is 29.9 Å². The number of rotatable bonds is 3. The highest BCUT2D eigenvalue weighted by Crippen LogP contribution is 2.38. The van der Waals surface area contributed by atoms with Gasteiger partial charge in [0.1, 0.15) is 0 Å². The molecule has 0 atom stereocenters. The van der Waals surface area contributed by atoms with Crippen LogP contribution in [0.4, 0.5) is 5.69 Å². The molecule has 1 aromatic heterocycles. The Kier molecular flexibility index (Phi) is 7.23. The van der Waals surface area contributed by atoms with Gasteiger partial charge >= 0.3 is 0 Å². The first-order chi connectivity index (χ1) is 19.5. The Labute approximate surface area is 239 Å². The van der Waals surface area contributed by atoms with E-state index in [1.807, 2.05) is 48.4 Å². The molecular weight excluding hydrogens is 518 g/mol. The third-order valence-electron chi connectivity index (χ3n) is 7.92. The number of hydrogen-bond acceptors (Lipinski definition) is 3. The van der Waals surface area contributed by atoms with E-state index in [4.69, 9.17) is 16.6 Å². The molecular formula is C34H30ClN3O2. The van der Waals surface area contributed by atoms with Crippen molar-refractivity contribution in [3.63, 3.8) is 0 Å². The number of aromatic nitrogens is 1. The van der Waals surface area contributed by atoms with Crippen molar-refractivity contribution in [3.05, 3.63) is 135 Å². The summed E-state index contributed by atoms with van der Waals surface area (Å²) in [6.45, 7) is 3.21. The van der Waals surface area contributed by atoms with E-state index in [9.17, 15) is 9.59 Å². The minimum Gasteiger partial charge on any atom is -0.338 e. The van der Waals surface area contributed by atoms with Gasteiger partial charge in [-0.2, -0.15) is 0 Å². The fourth-order valence-electron chi connectivity index (χ4n) is 5.77. The number of pyridine rings is 1. The number of halogens is 1. The normalized spacial score (nSPS) is 14.7. The van der Waals surface area contributed by atoms with Crippen LogP contribution < -0.4 is 5.32 Å². The maximum atomic E-state index is 13.4. The summed E-state index contributed by atoms with van der Waals surface area (Å²) in [5.41, 5.74) is 10.2. The lowest BCUT2D eigenvalue weighted by molar-refractivity contribution is 0.0743. The average Bonchev–Trinajstić information content (AvgIpc) is 3.14. The van der Waals surface area contributed by atoms with Crippen LogP contribution in [0.15, 0.2) is 90.6 Å². The summed E-state index contributed by atoms with van der Waals surface area (Å²) in [4.78, 5) is 32.8. The van der Waals surface area contributed by atoms with Crippen LogP contribution in [0.2, 0.25) is 5.02 Å². The Bertz CT molecular complexity index is 1630. The number of carbonyl (C=O) groups excluding carboxylic acids is 2. The third-order valence-corrected chi connectivity index (χ3v) is 8.15. The molecule has 0 radical (unpaired) electrons. The summed E-state index contributed by atoms with van der Waals surface area (Å²) in [5, 5.41) is 3.68. The minimum atomic E-state index is -0.160. The fourth-order valence-corrected chi connectivity index (χ4v) is 5.96. The van der Waals surface area contributed by atoms with Crippen molar-refractivity contribution in [3.8, 4) is 0 Å². The average molecular weight is 548 g/mol. The molecule has 1 aliphatic heterocycles. The molecule has 3 aromatic carbocycles. The number of anilines is 1. The van der Waals surface area contributed by atoms with E-state index < -0.39 is 0 Å². The molecule has 0 spiro atoms. The molecule has 6 rings (SSSR count). The van der Waals surface area contributed by atoms with Gasteiger partial charge in [0.15, 0.2) is 0 Å². The summed E-state index contributed by atoms with van der Waals surface area (Å²) in [6, 6.07) is 25.0. The lowest BCUT2D eigenvalue weighted by Gasteiger charge is -2.30. The molecule has 40 heavy (non-hydrogen) atoms. The molecule has 6 heteroatoms. The predicted molar refractivity (Wildman–Crippen MR) is 160 cm³/mol. The first-order valence-electron chi connectivity index (χ1n) is 13.7. The monoisotopic (exact) mass is 547 g/mol. The van der Waals surface area contributed by atoms with Crippen LogP contribution in [0.5, 0.6) is 0 Å². The second kappa shape index (κ2) is 11.1. The van der Waals surface area contributed by atoms with Gasteiger partial charge < -0.3 is 10.2 Å². The van der Waals surface area contributed by atoms with Crippen molar-refractivity contribution >= 4 is 34.7 Å². The van der Waals surface area contributed by atoms with Crippen molar-refractivity contribution in [2.45, 2.75) is 32.6 Å². The van der Waals surface area contributed by atoms with Crippen molar-refractivity contribution in [2.24, 2.45) is 0 Å². The number of nitrogens with one attached hydrogen (secondary N) is 1. The summed E-state index contributed by atoms with van der Waals surface area (Å²) >= 11 is 6.36. The molecule has 2 amide bonds. The highest BCUT2D eigenvalue weighted by atomic mass is 35.5. The summed E-state index contributed by atoms with van der Waals surface area (Å²) in [7, 11) is 0. The number of fused-ring (bicyclic) bond motifs is 2. The number of benzene rings is 3. The van der Waals surface area contributed by atoms with Gasteiger partial charge in [0.2, 0.25) is 0 Å². The first-order valence-corrected chi connectivity index (χ1v) is 14.1. The van der Waals surface area contributed by atoms with Gasteiger partial charge in [-0.1, -0.05) is 47.5 Å². The van der Waals surface area contributed by atoms with Crippen LogP contribution in [0, 0.1) is 6.92 Å². The maximum Gasteiger partial charge on any atom is 0.255 e. The second-order valence-electron chi connectivity index (χ2n) is 10.4. The maximum absolute atomic E-state index is 13.4. The fraction of sp³-hybridized carbons (Fsp3) is 0.206. The Morgan fingerprint density at radius 2 is 1.60 bits per heavy atom. The van der Waals surface area contributed by atoms with Gasteiger partial charge in [0.25, 0.3) is 11.8 Å². The zero-order valence-electron chi connectivity index (χ0n) is 22.4. The second-order valence-corrected chi connectivity index (χ2v) is 10.9. The van der Waals surface area contributed by atoms with Crippen LogP contribution >= 0.6 is 11.6 Å². The number of piperidine rings is 1. The molecule has 2 heterocycles. The molecule has 5 nitrogen and oxygen atoms in total. The molecule has 2 aliphatic rings. The molecule has 1 aliphatic carbocycles. The van der Waals surface area contributed by atoms with Gasteiger partial charge in [-0.05, 0) is 103 Å². The highest BCUT2D eigenvalue weighted by Gasteiger charge is 2.27. The topological polar surface area (TPSA) is 62.3 Å². The van der Waals surface area contributed by atoms with E-state index in [0.717, 1.165) is 42.0 Å². The molecule has 1 fully saturated rings. The SMILES string of the molecule is Cc1ccccc1C(=O)Nc1ccc(C(=O)N2CCC(=C3c4ccc(Cl)cc4CCc4cccnc43)CC2)cc1. The lowest BCUT2D eigenvalue weighted by atomic mass is 9.88. The van der Waals surface area contributed by atoms with Crippen LogP contribution in [0.25, 0.3) is 5.57 Å². The molecule has 0 unspecified atom stereocenters. The highest BCUT2D eigenvalue weighted by molar-refractivity contribution is 6.30. The van der Waals surface area contributed by atoms with E-state index in [2.05, 4.69) is 23.5 Å². The van der Waals surface area contributed by atoms with Crippen LogP contribution in [0.1, 0.15) is 61.5 Å². The standard InChI is InChI=1S/C34H30ClN3O2/c1-22-5-2-3-7-29(22)33(39)37-28-13-10-25(11-14-28)34(40)38-19-16-23(17-20-38)31-30-15-12-27(35)21-26(30)9-8-24-6-4-18-36-32(24)31/h2-7,10-15,18,21H,8-9,16-17,19-20H2,1H3,(H,37,39). The van der Waals surface area contributed by atoms with E-state index in [1.165, 1.54) is 27.8 Å². The smallest absolute Gasteiger partial charge is 0.255 e. The number of nitrogens with zero attached hydrogens (tertiary/aromatic N) is 2. The van der Waals surface area contributed by atoms with E-state index in [1.54, 1.807) is 30.3 Å². The zero-order valence-corrected chi connectivity index (χ0v) is 23.2. The number of aryl methyl sites for hydroxylation is 3. The number of hydrogen-bond donors (Lipinski definition) is 1. The van der Waals surface area contributed by atoms with Gasteiger partial charge in [-0.15, -0.1) is 0 Å². The van der Waals surface area contributed by atoms with Crippen molar-refractivity contribution in [1.29, 1.82) is 0 Å². The Morgan fingerprint density at radius 3 is 2.38 bits per heavy atom. The third kappa shape index (κ3) is 5.17. The molecule has 0 bridgehead atoms. The van der Waals surface area contributed by atoms with Crippen molar-refractivity contribution < 1.29 is 9.59 Å². The number of amides is 2. The number of likely N-dealkylation sites (tertiary alicyclic amines) is 1. The largest absolute Gasteiger partial charge is 0.338 e. The van der Waals surface area contributed by atoms with E-state index >= 15 is 0 Å². The summed E-state index contributed by atoms with van der Waals surface area (Å²) in [6.07, 6.45) is 5.32. The lowest BCUT2D eigenvalue weighted by Crippen LogP contribution is -2.36. The molecule has 1 saturated heterocycles. The zero-order chi connectivity index (χ0) is 27.6. The summed E-state index contributed by atoms with van der Waals surface area (Å²) in [5.74, 6) is -0.153. The minimum absolute atomic E-state index is 0.00686. The van der Waals surface area contributed by atoms with Crippen LogP contribution in [-0.4, -0.2) is 34.8 Å². The Hall–Kier alpha value is -4.22. The predicted octanol–water partition coefficient (Wildman–Crippen LogP) is 7.13. The first kappa shape index (κ1) is 26.0. The molecule has 200 valence electrons. The van der Waals surface area contributed by atoms with Crippen LogP contribution in [0.3, 0.4) is 0 Å². The van der Waals surface area contributed by atoms with Crippen LogP contribution in [-0.2, 0) is 12.8 Å². The summed E-state index contributed by atoms with van der Waals surface area (Å²) < 4.78 is 0. The van der Waals surface area contributed by atoms with E-state index in [-0.39, 0.29) is 11.8 Å². The van der Waals surface area contributed by atoms with Gasteiger partial charge in [0, 0.05) is 46.7 Å². The quantitative estimate of drug-likeness (QED) is 0.297. The molecule has 4 aromatic rings. The molecule has 1 N–H and O–H groups in total. The van der Waals surface area contributed by atoms with Gasteiger partial charge in [-0.25, -0.2) is 0 Å². The molecule has 0 saturated carbocycles.